The van der Waals surface area contributed by atoms with Gasteiger partial charge in [-0.1, -0.05) is 42.5 Å². The molecule has 1 heterocycles. The summed E-state index contributed by atoms with van der Waals surface area (Å²) in [5, 5.41) is 6.79. The van der Waals surface area contributed by atoms with Crippen LogP contribution in [-0.4, -0.2) is 37.0 Å². The molecule has 2 aromatic carbocycles. The van der Waals surface area contributed by atoms with Crippen LogP contribution in [0.4, 0.5) is 11.4 Å². The van der Waals surface area contributed by atoms with E-state index < -0.39 is 0 Å². The third-order valence-electron chi connectivity index (χ3n) is 5.62. The number of anilines is 2. The molecule has 0 radical (unpaired) electrons. The molecule has 2 N–H and O–H groups in total. The van der Waals surface area contributed by atoms with Gasteiger partial charge in [0.1, 0.15) is 0 Å². The summed E-state index contributed by atoms with van der Waals surface area (Å²) < 4.78 is 0. The third-order valence-corrected chi connectivity index (χ3v) is 5.62. The number of likely N-dealkylation sites (tertiary alicyclic amines) is 1. The largest absolute Gasteiger partial charge is 0.381 e. The summed E-state index contributed by atoms with van der Waals surface area (Å²) in [5.41, 5.74) is 3.20. The average molecular weight is 349 g/mol. The first kappa shape index (κ1) is 17.1. The molecule has 2 aromatic rings. The maximum atomic E-state index is 12.7. The maximum Gasteiger partial charge on any atom is 0.228 e. The smallest absolute Gasteiger partial charge is 0.228 e. The zero-order chi connectivity index (χ0) is 17.9. The zero-order valence-electron chi connectivity index (χ0n) is 15.3. The van der Waals surface area contributed by atoms with E-state index in [0.717, 1.165) is 43.7 Å². The predicted molar refractivity (Wildman–Crippen MR) is 107 cm³/mol. The van der Waals surface area contributed by atoms with Gasteiger partial charge in [-0.2, -0.15) is 0 Å². The van der Waals surface area contributed by atoms with Crippen LogP contribution in [0.1, 0.15) is 30.7 Å². The van der Waals surface area contributed by atoms with Gasteiger partial charge in [-0.25, -0.2) is 0 Å². The summed E-state index contributed by atoms with van der Waals surface area (Å²) in [6, 6.07) is 18.9. The SMILES string of the molecule is CN1CCC(Nc2ccccc2NC(=O)[C@@H]2C[C@@H]2c2ccccc2)CC1. The lowest BCUT2D eigenvalue weighted by Gasteiger charge is -2.30. The fraction of sp³-hybridized carbons (Fsp3) is 0.409. The van der Waals surface area contributed by atoms with Crippen molar-refractivity contribution in [2.24, 2.45) is 5.92 Å². The molecule has 1 amide bonds. The maximum absolute atomic E-state index is 12.7. The van der Waals surface area contributed by atoms with Crippen molar-refractivity contribution in [3.8, 4) is 0 Å². The predicted octanol–water partition coefficient (Wildman–Crippen LogP) is 3.93. The third kappa shape index (κ3) is 3.91. The molecule has 1 aliphatic carbocycles. The quantitative estimate of drug-likeness (QED) is 0.859. The highest BCUT2D eigenvalue weighted by Crippen LogP contribution is 2.48. The molecule has 26 heavy (non-hydrogen) atoms. The van der Waals surface area contributed by atoms with Crippen molar-refractivity contribution in [3.05, 3.63) is 60.2 Å². The van der Waals surface area contributed by atoms with Crippen LogP contribution in [-0.2, 0) is 4.79 Å². The van der Waals surface area contributed by atoms with Crippen LogP contribution in [0.5, 0.6) is 0 Å². The number of nitrogens with zero attached hydrogens (tertiary/aromatic N) is 1. The second-order valence-electron chi connectivity index (χ2n) is 7.62. The Morgan fingerprint density at radius 3 is 2.35 bits per heavy atom. The summed E-state index contributed by atoms with van der Waals surface area (Å²) in [5.74, 6) is 0.593. The molecule has 2 fully saturated rings. The first-order valence-electron chi connectivity index (χ1n) is 9.60. The molecule has 0 spiro atoms. The van der Waals surface area contributed by atoms with Crippen LogP contribution in [0.25, 0.3) is 0 Å². The van der Waals surface area contributed by atoms with Crippen molar-refractivity contribution in [2.45, 2.75) is 31.2 Å². The molecule has 2 atom stereocenters. The van der Waals surface area contributed by atoms with E-state index >= 15 is 0 Å². The molecule has 0 aromatic heterocycles. The molecule has 4 heteroatoms. The van der Waals surface area contributed by atoms with Crippen molar-refractivity contribution in [1.82, 2.24) is 4.90 Å². The molecule has 4 nitrogen and oxygen atoms in total. The van der Waals surface area contributed by atoms with Crippen LogP contribution in [0, 0.1) is 5.92 Å². The summed E-state index contributed by atoms with van der Waals surface area (Å²) in [4.78, 5) is 15.1. The van der Waals surface area contributed by atoms with Crippen LogP contribution in [0.15, 0.2) is 54.6 Å². The Balaban J connectivity index is 1.38. The number of para-hydroxylation sites is 2. The molecule has 0 bridgehead atoms. The minimum absolute atomic E-state index is 0.0915. The number of benzene rings is 2. The molecule has 4 rings (SSSR count). The van der Waals surface area contributed by atoms with Gasteiger partial charge in [0, 0.05) is 12.0 Å². The van der Waals surface area contributed by atoms with E-state index in [9.17, 15) is 4.79 Å². The van der Waals surface area contributed by atoms with Crippen molar-refractivity contribution in [1.29, 1.82) is 0 Å². The van der Waals surface area contributed by atoms with E-state index in [4.69, 9.17) is 0 Å². The van der Waals surface area contributed by atoms with E-state index in [1.165, 1.54) is 5.56 Å². The molecule has 0 unspecified atom stereocenters. The Labute approximate surface area is 155 Å². The highest BCUT2D eigenvalue weighted by molar-refractivity contribution is 5.97. The number of hydrogen-bond acceptors (Lipinski definition) is 3. The lowest BCUT2D eigenvalue weighted by atomic mass is 10.0. The van der Waals surface area contributed by atoms with Crippen molar-refractivity contribution in [3.63, 3.8) is 0 Å². The monoisotopic (exact) mass is 349 g/mol. The summed E-state index contributed by atoms with van der Waals surface area (Å²) >= 11 is 0. The van der Waals surface area contributed by atoms with Crippen molar-refractivity contribution >= 4 is 17.3 Å². The Morgan fingerprint density at radius 2 is 1.62 bits per heavy atom. The topological polar surface area (TPSA) is 44.4 Å². The molecular weight excluding hydrogens is 322 g/mol. The molecule has 1 saturated carbocycles. The minimum atomic E-state index is 0.0915. The van der Waals surface area contributed by atoms with E-state index in [1.54, 1.807) is 0 Å². The van der Waals surface area contributed by atoms with Gasteiger partial charge in [0.05, 0.1) is 11.4 Å². The van der Waals surface area contributed by atoms with E-state index in [-0.39, 0.29) is 11.8 Å². The normalized spacial score (nSPS) is 23.4. The first-order valence-corrected chi connectivity index (χ1v) is 9.60. The van der Waals surface area contributed by atoms with Crippen LogP contribution >= 0.6 is 0 Å². The van der Waals surface area contributed by atoms with Gasteiger partial charge >= 0.3 is 0 Å². The van der Waals surface area contributed by atoms with E-state index in [1.807, 2.05) is 36.4 Å². The van der Waals surface area contributed by atoms with Gasteiger partial charge in [-0.05, 0) is 63.0 Å². The Morgan fingerprint density at radius 1 is 0.962 bits per heavy atom. The highest BCUT2D eigenvalue weighted by atomic mass is 16.2. The molecule has 136 valence electrons. The first-order chi connectivity index (χ1) is 12.7. The van der Waals surface area contributed by atoms with Crippen molar-refractivity contribution < 1.29 is 4.79 Å². The van der Waals surface area contributed by atoms with Gasteiger partial charge in [0.15, 0.2) is 0 Å². The van der Waals surface area contributed by atoms with Gasteiger partial charge in [0.2, 0.25) is 5.91 Å². The van der Waals surface area contributed by atoms with Crippen LogP contribution in [0.3, 0.4) is 0 Å². The number of hydrogen-bond donors (Lipinski definition) is 2. The lowest BCUT2D eigenvalue weighted by molar-refractivity contribution is -0.117. The average Bonchev–Trinajstić information content (AvgIpc) is 3.47. The van der Waals surface area contributed by atoms with Crippen LogP contribution < -0.4 is 10.6 Å². The van der Waals surface area contributed by atoms with Crippen molar-refractivity contribution in [2.75, 3.05) is 30.8 Å². The zero-order valence-corrected chi connectivity index (χ0v) is 15.3. The number of piperidine rings is 1. The van der Waals surface area contributed by atoms with Gasteiger partial charge in [0.25, 0.3) is 0 Å². The number of carbonyl (C=O) groups excluding carboxylic acids is 1. The summed E-state index contributed by atoms with van der Waals surface area (Å²) in [6.07, 6.45) is 3.22. The number of rotatable bonds is 5. The number of amides is 1. The second kappa shape index (κ2) is 7.50. The molecule has 1 saturated heterocycles. The summed E-state index contributed by atoms with van der Waals surface area (Å²) in [6.45, 7) is 2.24. The Hall–Kier alpha value is -2.33. The van der Waals surface area contributed by atoms with Gasteiger partial charge in [-0.3, -0.25) is 4.79 Å². The van der Waals surface area contributed by atoms with Crippen LogP contribution in [0.2, 0.25) is 0 Å². The lowest BCUT2D eigenvalue weighted by Crippen LogP contribution is -2.36. The highest BCUT2D eigenvalue weighted by Gasteiger charge is 2.43. The standard InChI is InChI=1S/C22H27N3O/c1-25-13-11-17(12-14-25)23-20-9-5-6-10-21(20)24-22(26)19-15-18(19)16-7-3-2-4-8-16/h2-10,17-19,23H,11-15H2,1H3,(H,24,26)/t18-,19-/m1/s1. The van der Waals surface area contributed by atoms with Gasteiger partial charge < -0.3 is 15.5 Å². The Kier molecular flexibility index (Phi) is 4.93. The fourth-order valence-electron chi connectivity index (χ4n) is 3.87. The molecular formula is C22H27N3O. The molecule has 2 aliphatic rings. The number of nitrogens with one attached hydrogen (secondary N) is 2. The fourth-order valence-corrected chi connectivity index (χ4v) is 3.87. The summed E-state index contributed by atoms with van der Waals surface area (Å²) in [7, 11) is 2.17. The minimum Gasteiger partial charge on any atom is -0.381 e. The second-order valence-corrected chi connectivity index (χ2v) is 7.62. The number of carbonyl (C=O) groups is 1. The van der Waals surface area contributed by atoms with Gasteiger partial charge in [-0.15, -0.1) is 0 Å². The van der Waals surface area contributed by atoms with E-state index in [0.29, 0.717) is 12.0 Å². The Bertz CT molecular complexity index is 753. The molecule has 1 aliphatic heterocycles. The van der Waals surface area contributed by atoms with E-state index in [2.05, 4.69) is 40.8 Å².